The summed E-state index contributed by atoms with van der Waals surface area (Å²) in [5, 5.41) is 3.69. The summed E-state index contributed by atoms with van der Waals surface area (Å²) in [6, 6.07) is 0.808. The van der Waals surface area contributed by atoms with Gasteiger partial charge in [-0.1, -0.05) is 19.3 Å². The molecule has 0 unspecified atom stereocenters. The van der Waals surface area contributed by atoms with Gasteiger partial charge in [0.2, 0.25) is 0 Å². The number of rotatable bonds is 9. The van der Waals surface area contributed by atoms with E-state index in [0.29, 0.717) is 0 Å². The van der Waals surface area contributed by atoms with E-state index in [4.69, 9.17) is 4.74 Å². The predicted molar refractivity (Wildman–Crippen MR) is 73.5 cm³/mol. The largest absolute Gasteiger partial charge is 0.385 e. The fraction of sp³-hybridized carbons (Fsp3) is 1.00. The number of nitrogens with zero attached hydrogens (tertiary/aromatic N) is 1. The summed E-state index contributed by atoms with van der Waals surface area (Å²) in [7, 11) is 3.98. The average molecular weight is 242 g/mol. The first-order valence-corrected chi connectivity index (χ1v) is 7.24. The molecule has 0 radical (unpaired) electrons. The van der Waals surface area contributed by atoms with Gasteiger partial charge in [-0.15, -0.1) is 0 Å². The van der Waals surface area contributed by atoms with Crippen molar-refractivity contribution in [1.82, 2.24) is 10.2 Å². The minimum absolute atomic E-state index is 0.808. The fourth-order valence-corrected chi connectivity index (χ4v) is 2.55. The maximum absolute atomic E-state index is 5.06. The van der Waals surface area contributed by atoms with Crippen LogP contribution in [0.5, 0.6) is 0 Å². The molecule has 102 valence electrons. The molecule has 0 atom stereocenters. The molecule has 0 spiro atoms. The molecule has 0 aromatic heterocycles. The molecule has 0 heterocycles. The summed E-state index contributed by atoms with van der Waals surface area (Å²) in [4.78, 5) is 2.40. The molecule has 0 aromatic rings. The number of nitrogens with one attached hydrogen (secondary N) is 1. The van der Waals surface area contributed by atoms with E-state index in [2.05, 4.69) is 17.3 Å². The van der Waals surface area contributed by atoms with Crippen molar-refractivity contribution in [3.05, 3.63) is 0 Å². The Morgan fingerprint density at radius 1 is 1.12 bits per heavy atom. The van der Waals surface area contributed by atoms with Crippen LogP contribution in [-0.2, 0) is 4.74 Å². The average Bonchev–Trinajstić information content (AvgIpc) is 2.36. The van der Waals surface area contributed by atoms with Crippen molar-refractivity contribution in [2.45, 2.75) is 51.0 Å². The third-order valence-corrected chi connectivity index (χ3v) is 3.64. The van der Waals surface area contributed by atoms with Crippen molar-refractivity contribution < 1.29 is 4.74 Å². The highest BCUT2D eigenvalue weighted by Crippen LogP contribution is 2.17. The second kappa shape index (κ2) is 9.86. The minimum Gasteiger partial charge on any atom is -0.385 e. The Kier molecular flexibility index (Phi) is 8.67. The highest BCUT2D eigenvalue weighted by atomic mass is 16.5. The molecule has 1 fully saturated rings. The number of hydrogen-bond donors (Lipinski definition) is 1. The van der Waals surface area contributed by atoms with Crippen molar-refractivity contribution in [1.29, 1.82) is 0 Å². The van der Waals surface area contributed by atoms with Crippen LogP contribution in [0.25, 0.3) is 0 Å². The zero-order valence-corrected chi connectivity index (χ0v) is 11.7. The summed E-state index contributed by atoms with van der Waals surface area (Å²) < 4.78 is 5.06. The van der Waals surface area contributed by atoms with Gasteiger partial charge in [0, 0.05) is 26.3 Å². The van der Waals surface area contributed by atoms with Gasteiger partial charge in [0.1, 0.15) is 0 Å². The lowest BCUT2D eigenvalue weighted by molar-refractivity contribution is 0.179. The van der Waals surface area contributed by atoms with E-state index >= 15 is 0 Å². The van der Waals surface area contributed by atoms with Gasteiger partial charge < -0.3 is 15.0 Å². The number of methoxy groups -OCH3 is 1. The first kappa shape index (κ1) is 14.9. The second-order valence-corrected chi connectivity index (χ2v) is 5.29. The van der Waals surface area contributed by atoms with Crippen molar-refractivity contribution in [2.24, 2.45) is 0 Å². The molecule has 1 saturated carbocycles. The van der Waals surface area contributed by atoms with Crippen LogP contribution in [0.3, 0.4) is 0 Å². The van der Waals surface area contributed by atoms with Crippen LogP contribution in [0.15, 0.2) is 0 Å². The molecule has 0 aliphatic heterocycles. The third-order valence-electron chi connectivity index (χ3n) is 3.64. The van der Waals surface area contributed by atoms with Gasteiger partial charge in [-0.3, -0.25) is 0 Å². The van der Waals surface area contributed by atoms with Crippen molar-refractivity contribution >= 4 is 0 Å². The predicted octanol–water partition coefficient (Wildman–Crippen LogP) is 2.27. The summed E-state index contributed by atoms with van der Waals surface area (Å²) in [5.74, 6) is 0. The molecule has 0 bridgehead atoms. The Balaban J connectivity index is 1.88. The summed E-state index contributed by atoms with van der Waals surface area (Å²) in [5.41, 5.74) is 0. The van der Waals surface area contributed by atoms with Crippen molar-refractivity contribution in [3.8, 4) is 0 Å². The van der Waals surface area contributed by atoms with E-state index in [-0.39, 0.29) is 0 Å². The van der Waals surface area contributed by atoms with Gasteiger partial charge in [0.05, 0.1) is 0 Å². The SMILES string of the molecule is COCCCN(C)CCCNC1CCCCC1. The number of ether oxygens (including phenoxy) is 1. The monoisotopic (exact) mass is 242 g/mol. The van der Waals surface area contributed by atoms with E-state index < -0.39 is 0 Å². The van der Waals surface area contributed by atoms with Crippen LogP contribution < -0.4 is 5.32 Å². The van der Waals surface area contributed by atoms with Crippen molar-refractivity contribution in [2.75, 3.05) is 40.4 Å². The highest BCUT2D eigenvalue weighted by Gasteiger charge is 2.11. The molecule has 3 heteroatoms. The Morgan fingerprint density at radius 2 is 1.82 bits per heavy atom. The Hall–Kier alpha value is -0.120. The molecule has 1 N–H and O–H groups in total. The topological polar surface area (TPSA) is 24.5 Å². The summed E-state index contributed by atoms with van der Waals surface area (Å²) >= 11 is 0. The zero-order chi connectivity index (χ0) is 12.3. The summed E-state index contributed by atoms with van der Waals surface area (Å²) in [6.45, 7) is 4.41. The summed E-state index contributed by atoms with van der Waals surface area (Å²) in [6.07, 6.45) is 9.49. The molecule has 3 nitrogen and oxygen atoms in total. The molecule has 0 amide bonds. The maximum Gasteiger partial charge on any atom is 0.0474 e. The van der Waals surface area contributed by atoms with Crippen LogP contribution >= 0.6 is 0 Å². The van der Waals surface area contributed by atoms with Crippen LogP contribution in [0.1, 0.15) is 44.9 Å². The molecular formula is C14H30N2O. The molecule has 17 heavy (non-hydrogen) atoms. The van der Waals surface area contributed by atoms with Crippen molar-refractivity contribution in [3.63, 3.8) is 0 Å². The first-order valence-electron chi connectivity index (χ1n) is 7.24. The van der Waals surface area contributed by atoms with Gasteiger partial charge >= 0.3 is 0 Å². The Bertz CT molecular complexity index is 170. The molecule has 0 saturated heterocycles. The van der Waals surface area contributed by atoms with Crippen LogP contribution in [-0.4, -0.2) is 51.3 Å². The molecule has 1 aliphatic rings. The van der Waals surface area contributed by atoms with E-state index in [0.717, 1.165) is 25.6 Å². The smallest absolute Gasteiger partial charge is 0.0474 e. The first-order chi connectivity index (χ1) is 8.33. The van der Waals surface area contributed by atoms with Crippen LogP contribution in [0.2, 0.25) is 0 Å². The lowest BCUT2D eigenvalue weighted by Crippen LogP contribution is -2.33. The third kappa shape index (κ3) is 7.74. The van der Waals surface area contributed by atoms with Gasteiger partial charge in [-0.2, -0.15) is 0 Å². The van der Waals surface area contributed by atoms with E-state index in [1.54, 1.807) is 7.11 Å². The van der Waals surface area contributed by atoms with E-state index in [9.17, 15) is 0 Å². The Morgan fingerprint density at radius 3 is 2.53 bits per heavy atom. The quantitative estimate of drug-likeness (QED) is 0.628. The molecule has 1 rings (SSSR count). The highest BCUT2D eigenvalue weighted by molar-refractivity contribution is 4.71. The second-order valence-electron chi connectivity index (χ2n) is 5.29. The fourth-order valence-electron chi connectivity index (χ4n) is 2.55. The van der Waals surface area contributed by atoms with Crippen LogP contribution in [0.4, 0.5) is 0 Å². The van der Waals surface area contributed by atoms with Gasteiger partial charge in [-0.05, 0) is 45.8 Å². The van der Waals surface area contributed by atoms with Gasteiger partial charge in [-0.25, -0.2) is 0 Å². The van der Waals surface area contributed by atoms with Gasteiger partial charge in [0.15, 0.2) is 0 Å². The standard InChI is InChI=1S/C14H30N2O/c1-16(12-7-13-17-2)11-6-10-15-14-8-4-3-5-9-14/h14-15H,3-13H2,1-2H3. The van der Waals surface area contributed by atoms with E-state index in [1.807, 2.05) is 0 Å². The minimum atomic E-state index is 0.808. The maximum atomic E-state index is 5.06. The lowest BCUT2D eigenvalue weighted by atomic mass is 9.95. The lowest BCUT2D eigenvalue weighted by Gasteiger charge is -2.23. The zero-order valence-electron chi connectivity index (χ0n) is 11.7. The number of hydrogen-bond acceptors (Lipinski definition) is 3. The Labute approximate surface area is 107 Å². The van der Waals surface area contributed by atoms with E-state index in [1.165, 1.54) is 51.6 Å². The molecule has 1 aliphatic carbocycles. The molecule has 0 aromatic carbocycles. The normalized spacial score (nSPS) is 17.8. The van der Waals surface area contributed by atoms with Gasteiger partial charge in [0.25, 0.3) is 0 Å². The van der Waals surface area contributed by atoms with Crippen LogP contribution in [0, 0.1) is 0 Å². The molecular weight excluding hydrogens is 212 g/mol.